The van der Waals surface area contributed by atoms with Gasteiger partial charge in [0.15, 0.2) is 5.65 Å². The number of anilines is 3. The van der Waals surface area contributed by atoms with Gasteiger partial charge in [-0.25, -0.2) is 4.98 Å². The van der Waals surface area contributed by atoms with E-state index in [4.69, 9.17) is 14.2 Å². The van der Waals surface area contributed by atoms with Gasteiger partial charge in [-0.2, -0.15) is 9.61 Å². The van der Waals surface area contributed by atoms with Crippen LogP contribution in [0.3, 0.4) is 0 Å². The maximum absolute atomic E-state index is 13.6. The van der Waals surface area contributed by atoms with Crippen LogP contribution in [0.2, 0.25) is 0 Å². The third kappa shape index (κ3) is 3.64. The number of carbonyl (C=O) groups excluding carboxylic acids is 1. The molecule has 190 valence electrons. The topological polar surface area (TPSA) is 133 Å². The van der Waals surface area contributed by atoms with Gasteiger partial charge in [0.2, 0.25) is 0 Å². The van der Waals surface area contributed by atoms with E-state index in [2.05, 4.69) is 26.0 Å². The molecule has 12 heteroatoms. The molecule has 5 heterocycles. The van der Waals surface area contributed by atoms with Crippen LogP contribution in [0.15, 0.2) is 29.2 Å². The number of ether oxygens (including phenoxy) is 3. The first-order valence-electron chi connectivity index (χ1n) is 12.1. The lowest BCUT2D eigenvalue weighted by Gasteiger charge is -2.36. The van der Waals surface area contributed by atoms with Crippen LogP contribution in [0.5, 0.6) is 0 Å². The minimum absolute atomic E-state index is 0.0183. The lowest BCUT2D eigenvalue weighted by atomic mass is 9.89. The highest BCUT2D eigenvalue weighted by Gasteiger charge is 2.42. The van der Waals surface area contributed by atoms with Gasteiger partial charge in [-0.1, -0.05) is 0 Å². The van der Waals surface area contributed by atoms with Crippen molar-refractivity contribution in [1.82, 2.24) is 24.5 Å². The Morgan fingerprint density at radius 1 is 1.25 bits per heavy atom. The quantitative estimate of drug-likeness (QED) is 0.462. The number of hydrogen-bond acceptors (Lipinski definition) is 9. The average Bonchev–Trinajstić information content (AvgIpc) is 3.51. The second-order valence-electron chi connectivity index (χ2n) is 9.53. The highest BCUT2D eigenvalue weighted by molar-refractivity contribution is 6.00. The summed E-state index contributed by atoms with van der Waals surface area (Å²) < 4.78 is 20.2. The lowest BCUT2D eigenvalue weighted by molar-refractivity contribution is -0.00472. The van der Waals surface area contributed by atoms with Crippen molar-refractivity contribution in [3.8, 4) is 0 Å². The molecule has 0 bridgehead atoms. The summed E-state index contributed by atoms with van der Waals surface area (Å²) in [6.45, 7) is 1.85. The number of nitrogens with one attached hydrogen (secondary N) is 3. The fraction of sp³-hybridized carbons (Fsp3) is 0.500. The maximum Gasteiger partial charge on any atom is 0.275 e. The number of methoxy groups -OCH3 is 1. The van der Waals surface area contributed by atoms with Gasteiger partial charge in [-0.3, -0.25) is 14.2 Å². The van der Waals surface area contributed by atoms with Gasteiger partial charge in [0.05, 0.1) is 43.7 Å². The highest BCUT2D eigenvalue weighted by atomic mass is 16.5. The van der Waals surface area contributed by atoms with Gasteiger partial charge in [-0.15, -0.1) is 0 Å². The van der Waals surface area contributed by atoms with Crippen LogP contribution in [-0.2, 0) is 26.4 Å². The molecule has 1 aliphatic carbocycles. The molecular weight excluding hydrogens is 466 g/mol. The van der Waals surface area contributed by atoms with E-state index in [-0.39, 0.29) is 23.6 Å². The molecule has 2 aliphatic heterocycles. The monoisotopic (exact) mass is 495 g/mol. The van der Waals surface area contributed by atoms with Crippen LogP contribution < -0.4 is 21.5 Å². The van der Waals surface area contributed by atoms with E-state index >= 15 is 0 Å². The average molecular weight is 496 g/mol. The predicted octanol–water partition coefficient (Wildman–Crippen LogP) is 1.23. The molecule has 1 spiro atoms. The van der Waals surface area contributed by atoms with E-state index in [9.17, 15) is 9.59 Å². The number of nitrogens with zero attached hydrogens (tertiary/aromatic N) is 4. The molecular formula is C24H29N7O5. The van der Waals surface area contributed by atoms with Crippen LogP contribution >= 0.6 is 0 Å². The first kappa shape index (κ1) is 23.0. The summed E-state index contributed by atoms with van der Waals surface area (Å²) in [5.74, 6) is 0.772. The van der Waals surface area contributed by atoms with Crippen molar-refractivity contribution in [3.05, 3.63) is 46.0 Å². The fourth-order valence-corrected chi connectivity index (χ4v) is 5.27. The van der Waals surface area contributed by atoms with Crippen molar-refractivity contribution >= 4 is 28.9 Å². The summed E-state index contributed by atoms with van der Waals surface area (Å²) in [4.78, 5) is 31.3. The highest BCUT2D eigenvalue weighted by Crippen LogP contribution is 2.32. The molecule has 0 aromatic carbocycles. The van der Waals surface area contributed by atoms with Crippen molar-refractivity contribution in [2.45, 2.75) is 43.6 Å². The van der Waals surface area contributed by atoms with Gasteiger partial charge >= 0.3 is 0 Å². The van der Waals surface area contributed by atoms with Gasteiger partial charge in [0.25, 0.3) is 11.5 Å². The third-order valence-electron chi connectivity index (χ3n) is 7.41. The molecule has 6 rings (SSSR count). The molecule has 3 aliphatic rings. The predicted molar refractivity (Wildman–Crippen MR) is 131 cm³/mol. The summed E-state index contributed by atoms with van der Waals surface area (Å²) in [6.07, 6.45) is 4.02. The molecule has 3 aromatic rings. The number of rotatable bonds is 6. The number of fused-ring (bicyclic) bond motifs is 3. The van der Waals surface area contributed by atoms with Gasteiger partial charge in [0, 0.05) is 32.5 Å². The molecule has 1 amide bonds. The molecule has 1 unspecified atom stereocenters. The molecule has 3 N–H and O–H groups in total. The van der Waals surface area contributed by atoms with E-state index in [1.165, 1.54) is 6.20 Å². The van der Waals surface area contributed by atoms with Crippen molar-refractivity contribution in [3.63, 3.8) is 0 Å². The Morgan fingerprint density at radius 2 is 2.11 bits per heavy atom. The van der Waals surface area contributed by atoms with E-state index in [1.807, 2.05) is 10.6 Å². The summed E-state index contributed by atoms with van der Waals surface area (Å²) in [5.41, 5.74) is 1.28. The molecule has 3 atom stereocenters. The van der Waals surface area contributed by atoms with Crippen molar-refractivity contribution in [1.29, 1.82) is 0 Å². The first-order chi connectivity index (χ1) is 17.5. The van der Waals surface area contributed by atoms with Gasteiger partial charge < -0.3 is 30.2 Å². The maximum atomic E-state index is 13.6. The van der Waals surface area contributed by atoms with Gasteiger partial charge in [0.1, 0.15) is 22.9 Å². The Morgan fingerprint density at radius 3 is 2.83 bits per heavy atom. The van der Waals surface area contributed by atoms with Crippen molar-refractivity contribution in [2.75, 3.05) is 44.6 Å². The van der Waals surface area contributed by atoms with Crippen LogP contribution in [-0.4, -0.2) is 71.2 Å². The van der Waals surface area contributed by atoms with Crippen LogP contribution in [0.1, 0.15) is 35.3 Å². The Balaban J connectivity index is 1.35. The van der Waals surface area contributed by atoms with Crippen LogP contribution in [0.4, 0.5) is 17.3 Å². The minimum Gasteiger partial charge on any atom is -0.379 e. The zero-order chi connectivity index (χ0) is 24.9. The second kappa shape index (κ2) is 8.87. The standard InChI is InChI=1S/C24H29N7O5/c1-25-20-9-19(29-21-15(10-26-31(20)21)22(32)28-16-5-6-18(16)34-2)27-17-4-3-14-11-36-13-24(7-8-35-12-24)30(14)23(17)33/h3-4,9-10,16,18,25H,5-8,11-13H2,1-2H3,(H,27,29)(H,28,32)/t16-,18-,24?/m1/s1. The molecule has 0 radical (unpaired) electrons. The lowest BCUT2D eigenvalue weighted by Crippen LogP contribution is -2.51. The third-order valence-corrected chi connectivity index (χ3v) is 7.41. The fourth-order valence-electron chi connectivity index (χ4n) is 5.27. The zero-order valence-corrected chi connectivity index (χ0v) is 20.2. The minimum atomic E-state index is -0.492. The number of hydrogen-bond donors (Lipinski definition) is 3. The Kier molecular flexibility index (Phi) is 5.66. The number of carbonyl (C=O) groups is 1. The molecule has 1 saturated carbocycles. The molecule has 3 aromatic heterocycles. The van der Waals surface area contributed by atoms with E-state index < -0.39 is 5.54 Å². The zero-order valence-electron chi connectivity index (χ0n) is 20.2. The van der Waals surface area contributed by atoms with Crippen molar-refractivity contribution < 1.29 is 19.0 Å². The Hall–Kier alpha value is -3.48. The molecule has 1 saturated heterocycles. The smallest absolute Gasteiger partial charge is 0.275 e. The second-order valence-corrected chi connectivity index (χ2v) is 9.53. The number of pyridine rings is 1. The normalized spacial score (nSPS) is 24.9. The van der Waals surface area contributed by atoms with Crippen molar-refractivity contribution in [2.24, 2.45) is 0 Å². The van der Waals surface area contributed by atoms with E-state index in [0.29, 0.717) is 55.0 Å². The largest absolute Gasteiger partial charge is 0.379 e. The number of amides is 1. The summed E-state index contributed by atoms with van der Waals surface area (Å²) >= 11 is 0. The van der Waals surface area contributed by atoms with E-state index in [1.54, 1.807) is 30.8 Å². The van der Waals surface area contributed by atoms with Crippen LogP contribution in [0, 0.1) is 0 Å². The SMILES string of the molecule is CNc1cc(Nc2ccc3n(c2=O)C2(CCOC2)COC3)nc2c(C(=O)N[C@@H]3CC[C@H]3OC)cnn12. The summed E-state index contributed by atoms with van der Waals surface area (Å²) in [5, 5.41) is 13.6. The van der Waals surface area contributed by atoms with Crippen LogP contribution in [0.25, 0.3) is 5.65 Å². The Bertz CT molecular complexity index is 1380. The Labute approximate surface area is 206 Å². The van der Waals surface area contributed by atoms with E-state index in [0.717, 1.165) is 25.0 Å². The summed E-state index contributed by atoms with van der Waals surface area (Å²) in [6, 6.07) is 5.34. The first-order valence-corrected chi connectivity index (χ1v) is 12.1. The molecule has 12 nitrogen and oxygen atoms in total. The molecule has 36 heavy (non-hydrogen) atoms. The number of aromatic nitrogens is 4. The summed E-state index contributed by atoms with van der Waals surface area (Å²) in [7, 11) is 3.41. The molecule has 2 fully saturated rings. The van der Waals surface area contributed by atoms with Gasteiger partial charge in [-0.05, 0) is 31.4 Å².